The van der Waals surface area contributed by atoms with Gasteiger partial charge in [-0.1, -0.05) is 35.3 Å². The molecular weight excluding hydrogens is 453 g/mol. The maximum Gasteiger partial charge on any atom is 0.262 e. The minimum atomic E-state index is -0.712. The van der Waals surface area contributed by atoms with Gasteiger partial charge in [0.25, 0.3) is 11.5 Å². The first-order valence-electron chi connectivity index (χ1n) is 10.0. The summed E-state index contributed by atoms with van der Waals surface area (Å²) in [7, 11) is 0. The SMILES string of the molecule is Cc1nc2cccc(CNC(=O)c3ccc(Cl)c(Cl)c3)c2c(=O)n1C1CCC(=O)CC1=O. The van der Waals surface area contributed by atoms with Crippen LogP contribution in [0.5, 0.6) is 0 Å². The third-order valence-corrected chi connectivity index (χ3v) is 6.30. The Labute approximate surface area is 193 Å². The zero-order valence-electron chi connectivity index (χ0n) is 17.2. The van der Waals surface area contributed by atoms with Gasteiger partial charge in [0, 0.05) is 18.5 Å². The third-order valence-electron chi connectivity index (χ3n) is 5.56. The minimum absolute atomic E-state index is 0.0769. The van der Waals surface area contributed by atoms with Crippen molar-refractivity contribution in [1.82, 2.24) is 14.9 Å². The molecule has 1 heterocycles. The molecule has 0 radical (unpaired) electrons. The number of fused-ring (bicyclic) bond motifs is 1. The zero-order valence-corrected chi connectivity index (χ0v) is 18.7. The van der Waals surface area contributed by atoms with E-state index in [0.29, 0.717) is 32.9 Å². The lowest BCUT2D eigenvalue weighted by Gasteiger charge is -2.24. The van der Waals surface area contributed by atoms with Crippen molar-refractivity contribution < 1.29 is 14.4 Å². The van der Waals surface area contributed by atoms with Crippen molar-refractivity contribution in [3.05, 3.63) is 73.7 Å². The summed E-state index contributed by atoms with van der Waals surface area (Å²) in [5.41, 5.74) is 1.02. The molecule has 32 heavy (non-hydrogen) atoms. The maximum atomic E-state index is 13.4. The van der Waals surface area contributed by atoms with Gasteiger partial charge in [-0.05, 0) is 43.2 Å². The van der Waals surface area contributed by atoms with Gasteiger partial charge in [0.2, 0.25) is 0 Å². The van der Waals surface area contributed by atoms with E-state index in [1.54, 1.807) is 31.2 Å². The highest BCUT2D eigenvalue weighted by Gasteiger charge is 2.31. The average Bonchev–Trinajstić information content (AvgIpc) is 2.75. The number of carbonyl (C=O) groups excluding carboxylic acids is 3. The Bertz CT molecular complexity index is 1330. The molecule has 1 aromatic heterocycles. The molecule has 2 aromatic carbocycles. The summed E-state index contributed by atoms with van der Waals surface area (Å²) in [5, 5.41) is 3.72. The van der Waals surface area contributed by atoms with E-state index in [0.717, 1.165) is 0 Å². The van der Waals surface area contributed by atoms with Crippen LogP contribution in [0.25, 0.3) is 10.9 Å². The number of hydrogen-bond donors (Lipinski definition) is 1. The Hall–Kier alpha value is -3.03. The summed E-state index contributed by atoms with van der Waals surface area (Å²) in [6, 6.07) is 9.04. The summed E-state index contributed by atoms with van der Waals surface area (Å²) in [6.07, 6.45) is 0.361. The number of aromatic nitrogens is 2. The zero-order chi connectivity index (χ0) is 23.0. The summed E-state index contributed by atoms with van der Waals surface area (Å²) in [5.74, 6) is -0.358. The van der Waals surface area contributed by atoms with E-state index in [4.69, 9.17) is 23.2 Å². The van der Waals surface area contributed by atoms with Crippen LogP contribution in [-0.4, -0.2) is 27.0 Å². The Kier molecular flexibility index (Phi) is 6.13. The van der Waals surface area contributed by atoms with Crippen molar-refractivity contribution in [3.8, 4) is 0 Å². The molecule has 1 unspecified atom stereocenters. The number of carbonyl (C=O) groups is 3. The van der Waals surface area contributed by atoms with Crippen LogP contribution < -0.4 is 10.9 Å². The normalized spacial score (nSPS) is 16.4. The first-order chi connectivity index (χ1) is 15.3. The molecule has 3 aromatic rings. The number of nitrogens with zero attached hydrogens (tertiary/aromatic N) is 2. The van der Waals surface area contributed by atoms with Crippen LogP contribution in [0, 0.1) is 6.92 Å². The molecule has 1 fully saturated rings. The van der Waals surface area contributed by atoms with Crippen LogP contribution >= 0.6 is 23.2 Å². The van der Waals surface area contributed by atoms with Gasteiger partial charge >= 0.3 is 0 Å². The largest absolute Gasteiger partial charge is 0.348 e. The lowest BCUT2D eigenvalue weighted by Crippen LogP contribution is -2.36. The average molecular weight is 472 g/mol. The molecule has 1 amide bonds. The standard InChI is InChI=1S/C23H19Cl2N3O4/c1-12-27-18-4-2-3-14(11-26-22(31)13-5-7-16(24)17(25)9-13)21(18)23(32)28(12)19-8-6-15(29)10-20(19)30/h2-5,7,9,19H,6,8,10-11H2,1H3,(H,26,31). The van der Waals surface area contributed by atoms with Crippen molar-refractivity contribution in [2.75, 3.05) is 0 Å². The molecule has 1 aliphatic carbocycles. The monoisotopic (exact) mass is 471 g/mol. The van der Waals surface area contributed by atoms with E-state index in [-0.39, 0.29) is 53.9 Å². The molecule has 9 heteroatoms. The molecule has 0 aliphatic heterocycles. The molecule has 4 rings (SSSR count). The Morgan fingerprint density at radius 3 is 2.66 bits per heavy atom. The molecule has 1 atom stereocenters. The van der Waals surface area contributed by atoms with Crippen LogP contribution in [0.4, 0.5) is 0 Å². The van der Waals surface area contributed by atoms with Gasteiger partial charge in [-0.15, -0.1) is 0 Å². The minimum Gasteiger partial charge on any atom is -0.348 e. The first kappa shape index (κ1) is 22.2. The molecular formula is C23H19Cl2N3O4. The van der Waals surface area contributed by atoms with Crippen molar-refractivity contribution in [2.45, 2.75) is 38.8 Å². The smallest absolute Gasteiger partial charge is 0.262 e. The van der Waals surface area contributed by atoms with Gasteiger partial charge in [-0.2, -0.15) is 0 Å². The summed E-state index contributed by atoms with van der Waals surface area (Å²) < 4.78 is 1.38. The summed E-state index contributed by atoms with van der Waals surface area (Å²) in [6.45, 7) is 1.75. The number of benzene rings is 2. The predicted molar refractivity (Wildman–Crippen MR) is 121 cm³/mol. The Morgan fingerprint density at radius 1 is 1.16 bits per heavy atom. The fraction of sp³-hybridized carbons (Fsp3) is 0.261. The fourth-order valence-electron chi connectivity index (χ4n) is 3.98. The third kappa shape index (κ3) is 4.18. The van der Waals surface area contributed by atoms with E-state index in [2.05, 4.69) is 10.3 Å². The lowest BCUT2D eigenvalue weighted by molar-refractivity contribution is -0.132. The maximum absolute atomic E-state index is 13.4. The summed E-state index contributed by atoms with van der Waals surface area (Å²) in [4.78, 5) is 54.6. The highest BCUT2D eigenvalue weighted by Crippen LogP contribution is 2.25. The number of rotatable bonds is 4. The van der Waals surface area contributed by atoms with Crippen LogP contribution in [0.3, 0.4) is 0 Å². The fourth-order valence-corrected chi connectivity index (χ4v) is 4.28. The van der Waals surface area contributed by atoms with Crippen molar-refractivity contribution in [1.29, 1.82) is 0 Å². The van der Waals surface area contributed by atoms with E-state index in [1.165, 1.54) is 16.7 Å². The van der Waals surface area contributed by atoms with Crippen LogP contribution in [0.15, 0.2) is 41.2 Å². The van der Waals surface area contributed by atoms with E-state index < -0.39 is 6.04 Å². The quantitative estimate of drug-likeness (QED) is 0.583. The topological polar surface area (TPSA) is 98.1 Å². The Balaban J connectivity index is 1.69. The molecule has 0 saturated heterocycles. The van der Waals surface area contributed by atoms with Gasteiger partial charge in [0.05, 0.1) is 33.4 Å². The van der Waals surface area contributed by atoms with Crippen molar-refractivity contribution >= 4 is 51.6 Å². The molecule has 7 nitrogen and oxygen atoms in total. The first-order valence-corrected chi connectivity index (χ1v) is 10.8. The second-order valence-corrected chi connectivity index (χ2v) is 8.51. The van der Waals surface area contributed by atoms with Gasteiger partial charge in [-0.25, -0.2) is 4.98 Å². The predicted octanol–water partition coefficient (Wildman–Crippen LogP) is 3.80. The second kappa shape index (κ2) is 8.84. The Morgan fingerprint density at radius 2 is 1.94 bits per heavy atom. The summed E-state index contributed by atoms with van der Waals surface area (Å²) >= 11 is 11.9. The molecule has 1 saturated carbocycles. The number of nitrogens with one attached hydrogen (secondary N) is 1. The number of ketones is 2. The highest BCUT2D eigenvalue weighted by atomic mass is 35.5. The molecule has 1 N–H and O–H groups in total. The van der Waals surface area contributed by atoms with Crippen LogP contribution in [-0.2, 0) is 16.1 Å². The van der Waals surface area contributed by atoms with Gasteiger partial charge in [0.15, 0.2) is 5.78 Å². The molecule has 164 valence electrons. The molecule has 0 spiro atoms. The number of Topliss-reactive ketones (excluding diaryl/α,β-unsaturated/α-hetero) is 2. The number of aryl methyl sites for hydroxylation is 1. The molecule has 0 bridgehead atoms. The molecule has 1 aliphatic rings. The van der Waals surface area contributed by atoms with E-state index in [1.807, 2.05) is 0 Å². The lowest BCUT2D eigenvalue weighted by atomic mass is 9.92. The van der Waals surface area contributed by atoms with Crippen molar-refractivity contribution in [3.63, 3.8) is 0 Å². The van der Waals surface area contributed by atoms with Crippen molar-refractivity contribution in [2.24, 2.45) is 0 Å². The van der Waals surface area contributed by atoms with E-state index >= 15 is 0 Å². The number of amides is 1. The van der Waals surface area contributed by atoms with Crippen LogP contribution in [0.2, 0.25) is 10.0 Å². The number of halogens is 2. The van der Waals surface area contributed by atoms with Crippen LogP contribution in [0.1, 0.15) is 47.1 Å². The second-order valence-electron chi connectivity index (χ2n) is 7.69. The van der Waals surface area contributed by atoms with Gasteiger partial charge in [0.1, 0.15) is 11.6 Å². The van der Waals surface area contributed by atoms with Gasteiger partial charge in [-0.3, -0.25) is 23.7 Å². The highest BCUT2D eigenvalue weighted by molar-refractivity contribution is 6.42. The number of hydrogen-bond acceptors (Lipinski definition) is 5. The van der Waals surface area contributed by atoms with E-state index in [9.17, 15) is 19.2 Å². The van der Waals surface area contributed by atoms with Gasteiger partial charge < -0.3 is 5.32 Å².